The van der Waals surface area contributed by atoms with Crippen LogP contribution in [-0.4, -0.2) is 30.1 Å². The summed E-state index contributed by atoms with van der Waals surface area (Å²) in [6, 6.07) is 2.23. The van der Waals surface area contributed by atoms with E-state index in [0.717, 1.165) is 30.2 Å². The fourth-order valence-corrected chi connectivity index (χ4v) is 2.97. The number of hydrogen-bond acceptors (Lipinski definition) is 5. The van der Waals surface area contributed by atoms with Crippen LogP contribution in [0.2, 0.25) is 0 Å². The lowest BCUT2D eigenvalue weighted by Gasteiger charge is -2.20. The van der Waals surface area contributed by atoms with Crippen LogP contribution in [0.5, 0.6) is 0 Å². The van der Waals surface area contributed by atoms with Gasteiger partial charge in [-0.1, -0.05) is 6.92 Å². The van der Waals surface area contributed by atoms with Crippen LogP contribution in [0.15, 0.2) is 6.07 Å². The highest BCUT2D eigenvalue weighted by atomic mass is 32.1. The molecule has 18 heavy (non-hydrogen) atoms. The molecule has 5 heteroatoms. The van der Waals surface area contributed by atoms with Gasteiger partial charge < -0.3 is 10.2 Å². The molecule has 0 fully saturated rings. The molecule has 0 saturated heterocycles. The summed E-state index contributed by atoms with van der Waals surface area (Å²) in [7, 11) is 1.86. The fourth-order valence-electron chi connectivity index (χ4n) is 2.01. The van der Waals surface area contributed by atoms with Crippen LogP contribution in [-0.2, 0) is 6.42 Å². The van der Waals surface area contributed by atoms with Crippen molar-refractivity contribution in [2.75, 3.05) is 30.4 Å². The van der Waals surface area contributed by atoms with Crippen molar-refractivity contribution in [1.82, 2.24) is 9.97 Å². The number of thiophene rings is 1. The van der Waals surface area contributed by atoms with Crippen LogP contribution in [0.1, 0.15) is 25.6 Å². The zero-order valence-corrected chi connectivity index (χ0v) is 12.3. The molecule has 0 aliphatic rings. The highest BCUT2D eigenvalue weighted by Crippen LogP contribution is 2.32. The Balaban J connectivity index is 2.63. The van der Waals surface area contributed by atoms with Gasteiger partial charge in [0, 0.05) is 25.0 Å². The number of fused-ring (bicyclic) bond motifs is 1. The Bertz CT molecular complexity index is 531. The first kappa shape index (κ1) is 13.1. The summed E-state index contributed by atoms with van der Waals surface area (Å²) in [4.78, 5) is 13.9. The molecule has 0 atom stereocenters. The molecular weight excluding hydrogens is 244 g/mol. The molecule has 0 saturated carbocycles. The Morgan fingerprint density at radius 1 is 1.22 bits per heavy atom. The minimum atomic E-state index is 0.703. The second-order valence-electron chi connectivity index (χ2n) is 4.08. The summed E-state index contributed by atoms with van der Waals surface area (Å²) >= 11 is 1.76. The number of aromatic nitrogens is 2. The first-order chi connectivity index (χ1) is 8.73. The normalized spacial score (nSPS) is 10.9. The molecule has 0 aromatic carbocycles. The standard InChI is InChI=1S/C13H20N4S/c1-5-9-8-10-11(17(6-2)7-3)15-13(14-4)16-12(10)18-9/h8H,5-7H2,1-4H3,(H,14,15,16). The maximum absolute atomic E-state index is 4.62. The molecule has 2 heterocycles. The van der Waals surface area contributed by atoms with Gasteiger partial charge in [0.25, 0.3) is 0 Å². The second kappa shape index (κ2) is 5.52. The quantitative estimate of drug-likeness (QED) is 0.900. The van der Waals surface area contributed by atoms with Gasteiger partial charge in [0.2, 0.25) is 5.95 Å². The van der Waals surface area contributed by atoms with Crippen molar-refractivity contribution in [2.24, 2.45) is 0 Å². The van der Waals surface area contributed by atoms with Gasteiger partial charge in [-0.25, -0.2) is 4.98 Å². The lowest BCUT2D eigenvalue weighted by Crippen LogP contribution is -2.23. The number of nitrogens with one attached hydrogen (secondary N) is 1. The van der Waals surface area contributed by atoms with E-state index in [2.05, 4.69) is 47.0 Å². The van der Waals surface area contributed by atoms with Crippen molar-refractivity contribution < 1.29 is 0 Å². The predicted octanol–water partition coefficient (Wildman–Crippen LogP) is 3.14. The number of nitrogens with zero attached hydrogens (tertiary/aromatic N) is 3. The van der Waals surface area contributed by atoms with Crippen LogP contribution in [0.25, 0.3) is 10.2 Å². The molecule has 2 rings (SSSR count). The van der Waals surface area contributed by atoms with Gasteiger partial charge in [-0.2, -0.15) is 4.98 Å². The molecular formula is C13H20N4S. The van der Waals surface area contributed by atoms with Crippen LogP contribution in [0, 0.1) is 0 Å². The second-order valence-corrected chi connectivity index (χ2v) is 5.19. The summed E-state index contributed by atoms with van der Waals surface area (Å²) in [6.07, 6.45) is 1.05. The molecule has 1 N–H and O–H groups in total. The molecule has 0 aliphatic carbocycles. The van der Waals surface area contributed by atoms with E-state index in [9.17, 15) is 0 Å². The molecule has 4 nitrogen and oxygen atoms in total. The van der Waals surface area contributed by atoms with Crippen molar-refractivity contribution in [3.05, 3.63) is 10.9 Å². The van der Waals surface area contributed by atoms with Crippen LogP contribution >= 0.6 is 11.3 Å². The van der Waals surface area contributed by atoms with Crippen molar-refractivity contribution in [3.8, 4) is 0 Å². The molecule has 0 radical (unpaired) electrons. The molecule has 0 unspecified atom stereocenters. The Labute approximate surface area is 112 Å². The van der Waals surface area contributed by atoms with Gasteiger partial charge in [0.15, 0.2) is 0 Å². The maximum Gasteiger partial charge on any atom is 0.225 e. The summed E-state index contributed by atoms with van der Waals surface area (Å²) < 4.78 is 0. The van der Waals surface area contributed by atoms with Crippen molar-refractivity contribution in [2.45, 2.75) is 27.2 Å². The van der Waals surface area contributed by atoms with Gasteiger partial charge in [0.1, 0.15) is 10.6 Å². The van der Waals surface area contributed by atoms with Crippen LogP contribution < -0.4 is 10.2 Å². The number of aryl methyl sites for hydroxylation is 1. The van der Waals surface area contributed by atoms with E-state index in [0.29, 0.717) is 5.95 Å². The van der Waals surface area contributed by atoms with E-state index < -0.39 is 0 Å². The molecule has 98 valence electrons. The van der Waals surface area contributed by atoms with Gasteiger partial charge in [-0.15, -0.1) is 11.3 Å². The van der Waals surface area contributed by atoms with Crippen LogP contribution in [0.4, 0.5) is 11.8 Å². The van der Waals surface area contributed by atoms with E-state index in [1.165, 1.54) is 10.3 Å². The largest absolute Gasteiger partial charge is 0.357 e. The molecule has 0 amide bonds. The average molecular weight is 264 g/mol. The third-order valence-electron chi connectivity index (χ3n) is 3.06. The van der Waals surface area contributed by atoms with E-state index in [4.69, 9.17) is 0 Å². The first-order valence-electron chi connectivity index (χ1n) is 6.46. The number of anilines is 2. The zero-order valence-electron chi connectivity index (χ0n) is 11.4. The zero-order chi connectivity index (χ0) is 13.1. The highest BCUT2D eigenvalue weighted by molar-refractivity contribution is 7.18. The monoisotopic (exact) mass is 264 g/mol. The summed E-state index contributed by atoms with van der Waals surface area (Å²) in [5, 5.41) is 4.23. The van der Waals surface area contributed by atoms with E-state index in [1.807, 2.05) is 7.05 Å². The van der Waals surface area contributed by atoms with Gasteiger partial charge in [-0.05, 0) is 26.3 Å². The minimum Gasteiger partial charge on any atom is -0.357 e. The fraction of sp³-hybridized carbons (Fsp3) is 0.538. The predicted molar refractivity (Wildman–Crippen MR) is 79.9 cm³/mol. The lowest BCUT2D eigenvalue weighted by atomic mass is 10.3. The molecule has 0 spiro atoms. The SMILES string of the molecule is CCc1cc2c(N(CC)CC)nc(NC)nc2s1. The number of hydrogen-bond donors (Lipinski definition) is 1. The molecule has 2 aromatic heterocycles. The van der Waals surface area contributed by atoms with Gasteiger partial charge >= 0.3 is 0 Å². The lowest BCUT2D eigenvalue weighted by molar-refractivity contribution is 0.850. The van der Waals surface area contributed by atoms with Crippen molar-refractivity contribution in [1.29, 1.82) is 0 Å². The molecule has 0 bridgehead atoms. The Morgan fingerprint density at radius 3 is 2.50 bits per heavy atom. The summed E-state index contributed by atoms with van der Waals surface area (Å²) in [5.74, 6) is 1.75. The topological polar surface area (TPSA) is 41.1 Å². The summed E-state index contributed by atoms with van der Waals surface area (Å²) in [6.45, 7) is 8.41. The maximum atomic E-state index is 4.62. The van der Waals surface area contributed by atoms with Crippen LogP contribution in [0.3, 0.4) is 0 Å². The highest BCUT2D eigenvalue weighted by Gasteiger charge is 2.14. The Kier molecular flexibility index (Phi) is 4.01. The first-order valence-corrected chi connectivity index (χ1v) is 7.28. The number of rotatable bonds is 5. The van der Waals surface area contributed by atoms with Gasteiger partial charge in [0.05, 0.1) is 5.39 Å². The Morgan fingerprint density at radius 2 is 1.94 bits per heavy atom. The Hall–Kier alpha value is -1.36. The third kappa shape index (κ3) is 2.27. The van der Waals surface area contributed by atoms with Crippen molar-refractivity contribution in [3.63, 3.8) is 0 Å². The summed E-state index contributed by atoms with van der Waals surface area (Å²) in [5.41, 5.74) is 0. The van der Waals surface area contributed by atoms with E-state index in [-0.39, 0.29) is 0 Å². The van der Waals surface area contributed by atoms with E-state index >= 15 is 0 Å². The molecule has 0 aliphatic heterocycles. The van der Waals surface area contributed by atoms with Crippen molar-refractivity contribution >= 4 is 33.3 Å². The molecule has 2 aromatic rings. The smallest absolute Gasteiger partial charge is 0.225 e. The third-order valence-corrected chi connectivity index (χ3v) is 4.23. The average Bonchev–Trinajstić information content (AvgIpc) is 2.82. The minimum absolute atomic E-state index is 0.703. The van der Waals surface area contributed by atoms with E-state index in [1.54, 1.807) is 11.3 Å². The van der Waals surface area contributed by atoms with Gasteiger partial charge in [-0.3, -0.25) is 0 Å².